The van der Waals surface area contributed by atoms with E-state index in [-0.39, 0.29) is 24.0 Å². The molecule has 2 N–H and O–H groups in total. The van der Waals surface area contributed by atoms with Crippen molar-refractivity contribution < 1.29 is 0 Å². The highest BCUT2D eigenvalue weighted by Crippen LogP contribution is 2.27. The molecule has 0 radical (unpaired) electrons. The minimum Gasteiger partial charge on any atom is -0.356 e. The van der Waals surface area contributed by atoms with E-state index < -0.39 is 0 Å². The van der Waals surface area contributed by atoms with E-state index in [1.807, 2.05) is 7.05 Å². The van der Waals surface area contributed by atoms with Crippen LogP contribution in [0, 0.1) is 5.92 Å². The quantitative estimate of drug-likeness (QED) is 0.447. The van der Waals surface area contributed by atoms with Crippen LogP contribution in [0.1, 0.15) is 30.9 Å². The standard InChI is InChI=1S/C16H25N3.HI/c1-3-13-4-6-14(7-5-13)10-11-18-16(17-2)19-12-15-8-9-15;/h4-7,15H,3,8-12H2,1-2H3,(H2,17,18,19);1H. The van der Waals surface area contributed by atoms with Gasteiger partial charge in [-0.25, -0.2) is 0 Å². The molecule has 1 saturated carbocycles. The Morgan fingerprint density at radius 1 is 1.15 bits per heavy atom. The third kappa shape index (κ3) is 6.11. The van der Waals surface area contributed by atoms with Gasteiger partial charge in [0.2, 0.25) is 0 Å². The third-order valence-corrected chi connectivity index (χ3v) is 3.62. The molecule has 2 rings (SSSR count). The first-order valence-corrected chi connectivity index (χ1v) is 7.34. The fourth-order valence-corrected chi connectivity index (χ4v) is 2.05. The molecule has 0 amide bonds. The van der Waals surface area contributed by atoms with Gasteiger partial charge in [-0.3, -0.25) is 4.99 Å². The van der Waals surface area contributed by atoms with E-state index in [2.05, 4.69) is 46.8 Å². The summed E-state index contributed by atoms with van der Waals surface area (Å²) in [5, 5.41) is 6.74. The summed E-state index contributed by atoms with van der Waals surface area (Å²) in [5.74, 6) is 1.80. The number of hydrogen-bond acceptors (Lipinski definition) is 1. The van der Waals surface area contributed by atoms with Crippen LogP contribution >= 0.6 is 24.0 Å². The summed E-state index contributed by atoms with van der Waals surface area (Å²) in [6, 6.07) is 8.88. The van der Waals surface area contributed by atoms with Crippen molar-refractivity contribution in [3.63, 3.8) is 0 Å². The van der Waals surface area contributed by atoms with Crippen LogP contribution in [0.5, 0.6) is 0 Å². The monoisotopic (exact) mass is 387 g/mol. The molecule has 20 heavy (non-hydrogen) atoms. The van der Waals surface area contributed by atoms with Crippen LogP contribution in [0.2, 0.25) is 0 Å². The maximum absolute atomic E-state index is 4.24. The predicted molar refractivity (Wildman–Crippen MR) is 97.0 cm³/mol. The molecule has 0 spiro atoms. The van der Waals surface area contributed by atoms with E-state index in [0.29, 0.717) is 0 Å². The topological polar surface area (TPSA) is 36.4 Å². The van der Waals surface area contributed by atoms with Crippen molar-refractivity contribution in [3.05, 3.63) is 35.4 Å². The largest absolute Gasteiger partial charge is 0.356 e. The molecule has 112 valence electrons. The molecule has 0 bridgehead atoms. The molecule has 0 heterocycles. The summed E-state index contributed by atoms with van der Waals surface area (Å²) in [4.78, 5) is 4.24. The minimum absolute atomic E-state index is 0. The molecule has 1 aliphatic carbocycles. The van der Waals surface area contributed by atoms with Gasteiger partial charge in [0, 0.05) is 20.1 Å². The maximum atomic E-state index is 4.24. The lowest BCUT2D eigenvalue weighted by molar-refractivity contribution is 0.734. The first kappa shape index (κ1) is 17.3. The summed E-state index contributed by atoms with van der Waals surface area (Å²) in [7, 11) is 1.83. The van der Waals surface area contributed by atoms with Gasteiger partial charge in [0.1, 0.15) is 0 Å². The van der Waals surface area contributed by atoms with Gasteiger partial charge in [0.05, 0.1) is 0 Å². The number of rotatable bonds is 6. The van der Waals surface area contributed by atoms with Crippen molar-refractivity contribution in [2.75, 3.05) is 20.1 Å². The smallest absolute Gasteiger partial charge is 0.190 e. The Balaban J connectivity index is 0.00000200. The van der Waals surface area contributed by atoms with Crippen LogP contribution in [0.15, 0.2) is 29.3 Å². The van der Waals surface area contributed by atoms with E-state index in [0.717, 1.165) is 37.8 Å². The zero-order valence-electron chi connectivity index (χ0n) is 12.5. The maximum Gasteiger partial charge on any atom is 0.190 e. The summed E-state index contributed by atoms with van der Waals surface area (Å²) >= 11 is 0. The molecule has 1 aromatic carbocycles. The fraction of sp³-hybridized carbons (Fsp3) is 0.562. The molecule has 4 heteroatoms. The lowest BCUT2D eigenvalue weighted by Gasteiger charge is -2.11. The van der Waals surface area contributed by atoms with Gasteiger partial charge >= 0.3 is 0 Å². The number of aryl methyl sites for hydroxylation is 1. The van der Waals surface area contributed by atoms with Crippen molar-refractivity contribution in [2.24, 2.45) is 10.9 Å². The average Bonchev–Trinajstić information content (AvgIpc) is 3.27. The van der Waals surface area contributed by atoms with Crippen LogP contribution in [0.25, 0.3) is 0 Å². The summed E-state index contributed by atoms with van der Waals surface area (Å²) in [5.41, 5.74) is 2.78. The number of benzene rings is 1. The number of nitrogens with one attached hydrogen (secondary N) is 2. The molecule has 0 unspecified atom stereocenters. The second-order valence-corrected chi connectivity index (χ2v) is 5.24. The molecular formula is C16H26IN3. The first-order chi connectivity index (χ1) is 9.31. The highest BCUT2D eigenvalue weighted by molar-refractivity contribution is 14.0. The van der Waals surface area contributed by atoms with Gasteiger partial charge in [0.15, 0.2) is 5.96 Å². The van der Waals surface area contributed by atoms with Gasteiger partial charge in [-0.2, -0.15) is 0 Å². The van der Waals surface area contributed by atoms with Crippen LogP contribution < -0.4 is 10.6 Å². The van der Waals surface area contributed by atoms with Crippen LogP contribution in [-0.2, 0) is 12.8 Å². The summed E-state index contributed by atoms with van der Waals surface area (Å²) < 4.78 is 0. The number of nitrogens with zero attached hydrogens (tertiary/aromatic N) is 1. The molecule has 0 saturated heterocycles. The van der Waals surface area contributed by atoms with Crippen molar-refractivity contribution in [1.82, 2.24) is 10.6 Å². The zero-order chi connectivity index (χ0) is 13.5. The molecule has 3 nitrogen and oxygen atoms in total. The van der Waals surface area contributed by atoms with Crippen LogP contribution in [0.3, 0.4) is 0 Å². The van der Waals surface area contributed by atoms with E-state index in [4.69, 9.17) is 0 Å². The van der Waals surface area contributed by atoms with E-state index in [9.17, 15) is 0 Å². The van der Waals surface area contributed by atoms with Crippen molar-refractivity contribution in [3.8, 4) is 0 Å². The number of guanidine groups is 1. The molecule has 1 aliphatic rings. The fourth-order valence-electron chi connectivity index (χ4n) is 2.05. The average molecular weight is 387 g/mol. The number of halogens is 1. The zero-order valence-corrected chi connectivity index (χ0v) is 14.8. The van der Waals surface area contributed by atoms with E-state index in [1.165, 1.54) is 24.0 Å². The highest BCUT2D eigenvalue weighted by atomic mass is 127. The Morgan fingerprint density at radius 3 is 2.35 bits per heavy atom. The molecule has 0 aromatic heterocycles. The van der Waals surface area contributed by atoms with Gasteiger partial charge in [-0.05, 0) is 42.7 Å². The Morgan fingerprint density at radius 2 is 1.80 bits per heavy atom. The SMILES string of the molecule is CCc1ccc(CCNC(=NC)NCC2CC2)cc1.I. The van der Waals surface area contributed by atoms with Gasteiger partial charge in [-0.15, -0.1) is 24.0 Å². The van der Waals surface area contributed by atoms with Gasteiger partial charge < -0.3 is 10.6 Å². The van der Waals surface area contributed by atoms with Crippen LogP contribution in [0.4, 0.5) is 0 Å². The number of aliphatic imine (C=N–C) groups is 1. The van der Waals surface area contributed by atoms with Gasteiger partial charge in [-0.1, -0.05) is 31.2 Å². The minimum atomic E-state index is 0. The van der Waals surface area contributed by atoms with E-state index >= 15 is 0 Å². The molecular weight excluding hydrogens is 361 g/mol. The van der Waals surface area contributed by atoms with Crippen molar-refractivity contribution in [1.29, 1.82) is 0 Å². The molecule has 1 aromatic rings. The molecule has 1 fully saturated rings. The Bertz CT molecular complexity index is 410. The second-order valence-electron chi connectivity index (χ2n) is 5.24. The van der Waals surface area contributed by atoms with Crippen molar-refractivity contribution >= 4 is 29.9 Å². The lowest BCUT2D eigenvalue weighted by atomic mass is 10.1. The summed E-state index contributed by atoms with van der Waals surface area (Å²) in [6.07, 6.45) is 4.88. The Hall–Kier alpha value is -0.780. The normalized spacial score (nSPS) is 14.6. The number of hydrogen-bond donors (Lipinski definition) is 2. The molecule has 0 aliphatic heterocycles. The molecule has 0 atom stereocenters. The lowest BCUT2D eigenvalue weighted by Crippen LogP contribution is -2.39. The third-order valence-electron chi connectivity index (χ3n) is 3.62. The highest BCUT2D eigenvalue weighted by Gasteiger charge is 2.20. The van der Waals surface area contributed by atoms with Crippen molar-refractivity contribution in [2.45, 2.75) is 32.6 Å². The van der Waals surface area contributed by atoms with Gasteiger partial charge in [0.25, 0.3) is 0 Å². The first-order valence-electron chi connectivity index (χ1n) is 7.34. The Kier molecular flexibility index (Phi) is 7.95. The van der Waals surface area contributed by atoms with Crippen LogP contribution in [-0.4, -0.2) is 26.1 Å². The van der Waals surface area contributed by atoms with E-state index in [1.54, 1.807) is 0 Å². The second kappa shape index (κ2) is 9.21. The summed E-state index contributed by atoms with van der Waals surface area (Å²) in [6.45, 7) is 4.17. The predicted octanol–water partition coefficient (Wildman–Crippen LogP) is 2.98. The Labute approximate surface area is 139 Å².